The van der Waals surface area contributed by atoms with Crippen LogP contribution in [-0.4, -0.2) is 25.3 Å². The molecule has 0 aromatic heterocycles. The van der Waals surface area contributed by atoms with Crippen molar-refractivity contribution < 1.29 is 14.3 Å². The van der Waals surface area contributed by atoms with Gasteiger partial charge in [-0.1, -0.05) is 6.92 Å². The average Bonchev–Trinajstić information content (AvgIpc) is 2.37. The zero-order chi connectivity index (χ0) is 13.6. The standard InChI is InChI=1S/C16H26O3/c1-4-19-15(17)10(2)14-13-6-11-5-12(7-13)9-16(14,8-11)18-3/h10-14H,4-9H2,1-3H3. The molecule has 4 aliphatic carbocycles. The third-order valence-corrected chi connectivity index (χ3v) is 5.93. The van der Waals surface area contributed by atoms with Crippen LogP contribution in [0.5, 0.6) is 0 Å². The van der Waals surface area contributed by atoms with Crippen LogP contribution in [-0.2, 0) is 14.3 Å². The molecule has 4 fully saturated rings. The van der Waals surface area contributed by atoms with Gasteiger partial charge in [-0.25, -0.2) is 0 Å². The van der Waals surface area contributed by atoms with Gasteiger partial charge in [0.05, 0.1) is 18.1 Å². The molecular weight excluding hydrogens is 240 g/mol. The summed E-state index contributed by atoms with van der Waals surface area (Å²) in [6, 6.07) is 0. The molecule has 0 aliphatic heterocycles. The van der Waals surface area contributed by atoms with Crippen LogP contribution >= 0.6 is 0 Å². The van der Waals surface area contributed by atoms with Crippen molar-refractivity contribution in [3.05, 3.63) is 0 Å². The van der Waals surface area contributed by atoms with Crippen LogP contribution in [0.25, 0.3) is 0 Å². The zero-order valence-electron chi connectivity index (χ0n) is 12.4. The minimum atomic E-state index is -0.0407. The van der Waals surface area contributed by atoms with E-state index in [2.05, 4.69) is 0 Å². The highest BCUT2D eigenvalue weighted by molar-refractivity contribution is 5.72. The molecule has 4 rings (SSSR count). The van der Waals surface area contributed by atoms with E-state index in [1.807, 2.05) is 21.0 Å². The quantitative estimate of drug-likeness (QED) is 0.734. The SMILES string of the molecule is CCOC(=O)C(C)C1C2CC3CC(C2)CC1(OC)C3. The van der Waals surface area contributed by atoms with Gasteiger partial charge in [0.2, 0.25) is 0 Å². The Hall–Kier alpha value is -0.570. The first-order chi connectivity index (χ1) is 9.09. The van der Waals surface area contributed by atoms with Gasteiger partial charge in [0.1, 0.15) is 0 Å². The molecule has 4 unspecified atom stereocenters. The zero-order valence-corrected chi connectivity index (χ0v) is 12.4. The summed E-state index contributed by atoms with van der Waals surface area (Å²) >= 11 is 0. The average molecular weight is 266 g/mol. The summed E-state index contributed by atoms with van der Waals surface area (Å²) < 4.78 is 11.3. The second-order valence-electron chi connectivity index (χ2n) is 6.94. The second kappa shape index (κ2) is 4.76. The highest BCUT2D eigenvalue weighted by Gasteiger charge is 2.59. The molecule has 4 aliphatic rings. The largest absolute Gasteiger partial charge is 0.466 e. The lowest BCUT2D eigenvalue weighted by Crippen LogP contribution is -2.60. The van der Waals surface area contributed by atoms with Gasteiger partial charge in [0, 0.05) is 13.0 Å². The second-order valence-corrected chi connectivity index (χ2v) is 6.94. The molecule has 0 aromatic carbocycles. The van der Waals surface area contributed by atoms with E-state index >= 15 is 0 Å². The fourth-order valence-electron chi connectivity index (χ4n) is 5.59. The van der Waals surface area contributed by atoms with E-state index in [0.29, 0.717) is 18.4 Å². The first-order valence-electron chi connectivity index (χ1n) is 7.81. The summed E-state index contributed by atoms with van der Waals surface area (Å²) in [5.74, 6) is 2.66. The molecule has 4 bridgehead atoms. The lowest BCUT2D eigenvalue weighted by atomic mass is 9.47. The van der Waals surface area contributed by atoms with E-state index in [0.717, 1.165) is 24.7 Å². The molecule has 4 saturated carbocycles. The highest BCUT2D eigenvalue weighted by Crippen LogP contribution is 2.61. The fraction of sp³-hybridized carbons (Fsp3) is 0.938. The van der Waals surface area contributed by atoms with E-state index < -0.39 is 0 Å². The van der Waals surface area contributed by atoms with Crippen LogP contribution in [0.15, 0.2) is 0 Å². The third kappa shape index (κ3) is 2.01. The molecule has 0 amide bonds. The Morgan fingerprint density at radius 2 is 1.89 bits per heavy atom. The molecule has 19 heavy (non-hydrogen) atoms. The van der Waals surface area contributed by atoms with Crippen molar-refractivity contribution in [3.8, 4) is 0 Å². The van der Waals surface area contributed by atoms with Gasteiger partial charge in [0.25, 0.3) is 0 Å². The van der Waals surface area contributed by atoms with Crippen molar-refractivity contribution in [2.45, 2.75) is 51.6 Å². The van der Waals surface area contributed by atoms with Gasteiger partial charge in [-0.05, 0) is 56.8 Å². The topological polar surface area (TPSA) is 35.5 Å². The van der Waals surface area contributed by atoms with Crippen LogP contribution < -0.4 is 0 Å². The minimum absolute atomic E-state index is 0.0232. The Bertz CT molecular complexity index is 351. The molecule has 3 nitrogen and oxygen atoms in total. The normalized spacial score (nSPS) is 45.2. The van der Waals surface area contributed by atoms with Crippen LogP contribution in [0.3, 0.4) is 0 Å². The van der Waals surface area contributed by atoms with Gasteiger partial charge < -0.3 is 9.47 Å². The van der Waals surface area contributed by atoms with E-state index in [1.165, 1.54) is 19.3 Å². The predicted molar refractivity (Wildman–Crippen MR) is 72.6 cm³/mol. The Kier molecular flexibility index (Phi) is 3.36. The Labute approximate surface area is 116 Å². The molecule has 0 heterocycles. The summed E-state index contributed by atoms with van der Waals surface area (Å²) in [5, 5.41) is 0. The summed E-state index contributed by atoms with van der Waals surface area (Å²) in [6.07, 6.45) is 6.31. The molecular formula is C16H26O3. The van der Waals surface area contributed by atoms with E-state index in [1.54, 1.807) is 0 Å². The number of carbonyl (C=O) groups excluding carboxylic acids is 1. The maximum atomic E-state index is 12.1. The van der Waals surface area contributed by atoms with Crippen molar-refractivity contribution in [1.29, 1.82) is 0 Å². The number of methoxy groups -OCH3 is 1. The van der Waals surface area contributed by atoms with Crippen LogP contribution in [0, 0.1) is 29.6 Å². The number of rotatable bonds is 4. The number of carbonyl (C=O) groups is 1. The molecule has 0 radical (unpaired) electrons. The van der Waals surface area contributed by atoms with Crippen LogP contribution in [0.1, 0.15) is 46.0 Å². The van der Waals surface area contributed by atoms with E-state index in [9.17, 15) is 4.79 Å². The lowest BCUT2D eigenvalue weighted by molar-refractivity contribution is -0.208. The summed E-state index contributed by atoms with van der Waals surface area (Å²) in [4.78, 5) is 12.1. The van der Waals surface area contributed by atoms with Crippen molar-refractivity contribution in [2.75, 3.05) is 13.7 Å². The van der Waals surface area contributed by atoms with Crippen LogP contribution in [0.4, 0.5) is 0 Å². The van der Waals surface area contributed by atoms with Crippen molar-refractivity contribution >= 4 is 5.97 Å². The smallest absolute Gasteiger partial charge is 0.309 e. The first-order valence-corrected chi connectivity index (χ1v) is 7.81. The predicted octanol–water partition coefficient (Wildman–Crippen LogP) is 3.03. The van der Waals surface area contributed by atoms with Gasteiger partial charge in [-0.2, -0.15) is 0 Å². The lowest BCUT2D eigenvalue weighted by Gasteiger charge is -2.61. The van der Waals surface area contributed by atoms with E-state index in [-0.39, 0.29) is 17.5 Å². The molecule has 0 saturated heterocycles. The Morgan fingerprint density at radius 3 is 2.42 bits per heavy atom. The molecule has 0 spiro atoms. The first kappa shape index (κ1) is 13.4. The number of hydrogen-bond acceptors (Lipinski definition) is 3. The van der Waals surface area contributed by atoms with Gasteiger partial charge in [0.15, 0.2) is 0 Å². The monoisotopic (exact) mass is 266 g/mol. The maximum Gasteiger partial charge on any atom is 0.309 e. The highest BCUT2D eigenvalue weighted by atomic mass is 16.5. The summed E-state index contributed by atoms with van der Waals surface area (Å²) in [5.41, 5.74) is -0.0407. The van der Waals surface area contributed by atoms with Crippen molar-refractivity contribution in [1.82, 2.24) is 0 Å². The number of hydrogen-bond donors (Lipinski definition) is 0. The Morgan fingerprint density at radius 1 is 1.26 bits per heavy atom. The number of esters is 1. The van der Waals surface area contributed by atoms with E-state index in [4.69, 9.17) is 9.47 Å². The van der Waals surface area contributed by atoms with Gasteiger partial charge >= 0.3 is 5.97 Å². The summed E-state index contributed by atoms with van der Waals surface area (Å²) in [6.45, 7) is 4.41. The minimum Gasteiger partial charge on any atom is -0.466 e. The third-order valence-electron chi connectivity index (χ3n) is 5.93. The van der Waals surface area contributed by atoms with Crippen LogP contribution in [0.2, 0.25) is 0 Å². The number of ether oxygens (including phenoxy) is 2. The molecule has 108 valence electrons. The summed E-state index contributed by atoms with van der Waals surface area (Å²) in [7, 11) is 1.85. The molecule has 0 N–H and O–H groups in total. The molecule has 0 aromatic rings. The molecule has 4 atom stereocenters. The van der Waals surface area contributed by atoms with Crippen molar-refractivity contribution in [2.24, 2.45) is 29.6 Å². The van der Waals surface area contributed by atoms with Crippen molar-refractivity contribution in [3.63, 3.8) is 0 Å². The fourth-order valence-corrected chi connectivity index (χ4v) is 5.59. The molecule has 3 heteroatoms. The van der Waals surface area contributed by atoms with Gasteiger partial charge in [-0.15, -0.1) is 0 Å². The Balaban J connectivity index is 1.85. The maximum absolute atomic E-state index is 12.1. The van der Waals surface area contributed by atoms with Gasteiger partial charge in [-0.3, -0.25) is 4.79 Å².